The first-order chi connectivity index (χ1) is 11.3. The highest BCUT2D eigenvalue weighted by Gasteiger charge is 2.21. The van der Waals surface area contributed by atoms with Crippen molar-refractivity contribution in [3.05, 3.63) is 66.2 Å². The maximum absolute atomic E-state index is 13.3. The second-order valence-corrected chi connectivity index (χ2v) is 6.78. The van der Waals surface area contributed by atoms with Crippen molar-refractivity contribution in [2.45, 2.75) is 24.3 Å². The first-order valence-electron chi connectivity index (χ1n) is 7.88. The number of nitrogens with zero attached hydrogens (tertiary/aromatic N) is 1. The minimum absolute atomic E-state index is 0.189. The number of benzene rings is 2. The van der Waals surface area contributed by atoms with Crippen LogP contribution in [0.15, 0.2) is 59.6 Å². The Labute approximate surface area is 140 Å². The monoisotopic (exact) mass is 323 g/mol. The van der Waals surface area contributed by atoms with Crippen molar-refractivity contribution < 1.29 is 4.39 Å². The number of hydrogen-bond acceptors (Lipinski definition) is 1. The number of hydrogen-bond donors (Lipinski definition) is 0. The molecule has 1 nitrogen and oxygen atoms in total. The van der Waals surface area contributed by atoms with E-state index in [2.05, 4.69) is 41.3 Å². The highest BCUT2D eigenvalue weighted by Crippen LogP contribution is 2.39. The van der Waals surface area contributed by atoms with Crippen molar-refractivity contribution in [2.75, 3.05) is 6.26 Å². The summed E-state index contributed by atoms with van der Waals surface area (Å²) in [6.45, 7) is 1.08. The molecule has 23 heavy (non-hydrogen) atoms. The first kappa shape index (κ1) is 14.6. The van der Waals surface area contributed by atoms with Crippen LogP contribution in [0.1, 0.15) is 12.1 Å². The molecule has 0 saturated carbocycles. The predicted octanol–water partition coefficient (Wildman–Crippen LogP) is 5.63. The van der Waals surface area contributed by atoms with Crippen molar-refractivity contribution in [3.8, 4) is 22.3 Å². The van der Waals surface area contributed by atoms with Crippen LogP contribution in [0.5, 0.6) is 0 Å². The zero-order valence-electron chi connectivity index (χ0n) is 13.1. The van der Waals surface area contributed by atoms with Gasteiger partial charge in [-0.3, -0.25) is 0 Å². The van der Waals surface area contributed by atoms with Gasteiger partial charge in [0.15, 0.2) is 0 Å². The van der Waals surface area contributed by atoms with Gasteiger partial charge in [0, 0.05) is 34.5 Å². The van der Waals surface area contributed by atoms with E-state index < -0.39 is 0 Å². The maximum Gasteiger partial charge on any atom is 0.123 e. The Hall–Kier alpha value is -2.00. The van der Waals surface area contributed by atoms with Crippen LogP contribution < -0.4 is 0 Å². The number of aromatic nitrogens is 1. The summed E-state index contributed by atoms with van der Waals surface area (Å²) in [7, 11) is 0. The van der Waals surface area contributed by atoms with Crippen molar-refractivity contribution in [3.63, 3.8) is 0 Å². The van der Waals surface area contributed by atoms with Crippen molar-refractivity contribution in [1.29, 1.82) is 0 Å². The summed E-state index contributed by atoms with van der Waals surface area (Å²) in [5, 5.41) is 0. The molecule has 1 aromatic heterocycles. The maximum atomic E-state index is 13.3. The van der Waals surface area contributed by atoms with Crippen LogP contribution >= 0.6 is 11.8 Å². The van der Waals surface area contributed by atoms with Crippen LogP contribution in [0.3, 0.4) is 0 Å². The smallest absolute Gasteiger partial charge is 0.123 e. The van der Waals surface area contributed by atoms with Gasteiger partial charge < -0.3 is 4.57 Å². The van der Waals surface area contributed by atoms with E-state index in [0.29, 0.717) is 0 Å². The molecule has 0 unspecified atom stereocenters. The Bertz CT molecular complexity index is 831. The van der Waals surface area contributed by atoms with E-state index in [1.807, 2.05) is 12.1 Å². The Morgan fingerprint density at radius 1 is 0.957 bits per heavy atom. The number of aryl methyl sites for hydroxylation is 1. The minimum Gasteiger partial charge on any atom is -0.350 e. The van der Waals surface area contributed by atoms with E-state index >= 15 is 0 Å². The average Bonchev–Trinajstić information content (AvgIpc) is 3.16. The van der Waals surface area contributed by atoms with E-state index in [4.69, 9.17) is 0 Å². The molecule has 116 valence electrons. The van der Waals surface area contributed by atoms with Crippen LogP contribution in [-0.2, 0) is 13.0 Å². The van der Waals surface area contributed by atoms with Crippen LogP contribution in [0, 0.1) is 5.82 Å². The minimum atomic E-state index is -0.189. The topological polar surface area (TPSA) is 4.93 Å². The summed E-state index contributed by atoms with van der Waals surface area (Å²) in [5.41, 5.74) is 6.25. The second kappa shape index (κ2) is 5.89. The zero-order chi connectivity index (χ0) is 15.8. The molecule has 0 atom stereocenters. The predicted molar refractivity (Wildman–Crippen MR) is 95.4 cm³/mol. The molecule has 3 aromatic rings. The standard InChI is InChI=1S/C20H18FNS/c1-23-17-10-6-15(7-11-17)20-18(13-22-12-2-3-19(20)22)14-4-8-16(21)9-5-14/h4-11,13H,2-3,12H2,1H3. The lowest BCUT2D eigenvalue weighted by atomic mass is 9.96. The van der Waals surface area contributed by atoms with Crippen LogP contribution in [-0.4, -0.2) is 10.8 Å². The van der Waals surface area contributed by atoms with Gasteiger partial charge in [-0.05, 0) is 54.5 Å². The fraction of sp³-hybridized carbons (Fsp3) is 0.200. The normalized spacial score (nSPS) is 13.3. The molecule has 0 saturated heterocycles. The number of fused-ring (bicyclic) bond motifs is 1. The molecule has 2 heterocycles. The SMILES string of the molecule is CSc1ccc(-c2c(-c3ccc(F)cc3)cn3c2CCC3)cc1. The van der Waals surface area contributed by atoms with Crippen molar-refractivity contribution >= 4 is 11.8 Å². The van der Waals surface area contributed by atoms with Crippen LogP contribution in [0.25, 0.3) is 22.3 Å². The second-order valence-electron chi connectivity index (χ2n) is 5.90. The van der Waals surface area contributed by atoms with Gasteiger partial charge in [-0.25, -0.2) is 4.39 Å². The molecule has 0 spiro atoms. The molecule has 0 fully saturated rings. The van der Waals surface area contributed by atoms with Crippen LogP contribution in [0.4, 0.5) is 4.39 Å². The van der Waals surface area contributed by atoms with Crippen LogP contribution in [0.2, 0.25) is 0 Å². The average molecular weight is 323 g/mol. The molecule has 0 amide bonds. The molecular weight excluding hydrogens is 305 g/mol. The van der Waals surface area contributed by atoms with E-state index in [-0.39, 0.29) is 5.82 Å². The van der Waals surface area contributed by atoms with Crippen molar-refractivity contribution in [1.82, 2.24) is 4.57 Å². The third-order valence-corrected chi connectivity index (χ3v) is 5.28. The highest BCUT2D eigenvalue weighted by molar-refractivity contribution is 7.98. The fourth-order valence-electron chi connectivity index (χ4n) is 3.41. The molecule has 4 rings (SSSR count). The summed E-state index contributed by atoms with van der Waals surface area (Å²) in [6, 6.07) is 15.6. The van der Waals surface area contributed by atoms with Gasteiger partial charge in [0.2, 0.25) is 0 Å². The molecule has 1 aliphatic heterocycles. The molecule has 1 aliphatic rings. The van der Waals surface area contributed by atoms with Crippen molar-refractivity contribution in [2.24, 2.45) is 0 Å². The molecule has 0 aliphatic carbocycles. The third kappa shape index (κ3) is 2.59. The van der Waals surface area contributed by atoms with E-state index in [1.54, 1.807) is 23.9 Å². The Morgan fingerprint density at radius 3 is 2.35 bits per heavy atom. The van der Waals surface area contributed by atoms with Gasteiger partial charge in [-0.1, -0.05) is 24.3 Å². The lowest BCUT2D eigenvalue weighted by molar-refractivity contribution is 0.628. The molecule has 0 radical (unpaired) electrons. The fourth-order valence-corrected chi connectivity index (χ4v) is 3.82. The van der Waals surface area contributed by atoms with E-state index in [0.717, 1.165) is 18.5 Å². The molecule has 0 bridgehead atoms. The first-order valence-corrected chi connectivity index (χ1v) is 9.11. The summed E-state index contributed by atoms with van der Waals surface area (Å²) < 4.78 is 15.6. The van der Waals surface area contributed by atoms with E-state index in [9.17, 15) is 4.39 Å². The molecule has 2 aromatic carbocycles. The Balaban J connectivity index is 1.88. The highest BCUT2D eigenvalue weighted by atomic mass is 32.2. The summed E-state index contributed by atoms with van der Waals surface area (Å²) in [5.74, 6) is -0.189. The number of thioether (sulfide) groups is 1. The zero-order valence-corrected chi connectivity index (χ0v) is 13.9. The summed E-state index contributed by atoms with van der Waals surface area (Å²) >= 11 is 1.76. The van der Waals surface area contributed by atoms with Gasteiger partial charge in [-0.2, -0.15) is 0 Å². The lowest BCUT2D eigenvalue weighted by Crippen LogP contribution is -1.89. The largest absolute Gasteiger partial charge is 0.350 e. The third-order valence-electron chi connectivity index (χ3n) is 4.54. The van der Waals surface area contributed by atoms with Gasteiger partial charge in [0.05, 0.1) is 0 Å². The Morgan fingerprint density at radius 2 is 1.65 bits per heavy atom. The number of halogens is 1. The van der Waals surface area contributed by atoms with Gasteiger partial charge in [0.1, 0.15) is 5.82 Å². The Kier molecular flexibility index (Phi) is 3.74. The van der Waals surface area contributed by atoms with Gasteiger partial charge in [-0.15, -0.1) is 11.8 Å². The number of rotatable bonds is 3. The molecule has 0 N–H and O–H groups in total. The van der Waals surface area contributed by atoms with Gasteiger partial charge in [0.25, 0.3) is 0 Å². The van der Waals surface area contributed by atoms with Gasteiger partial charge >= 0.3 is 0 Å². The quantitative estimate of drug-likeness (QED) is 0.566. The lowest BCUT2D eigenvalue weighted by Gasteiger charge is -2.08. The summed E-state index contributed by atoms with van der Waals surface area (Å²) in [6.07, 6.45) is 6.64. The molecular formula is C20H18FNS. The molecule has 3 heteroatoms. The van der Waals surface area contributed by atoms with E-state index in [1.165, 1.54) is 33.7 Å². The summed E-state index contributed by atoms with van der Waals surface area (Å²) in [4.78, 5) is 1.27.